The van der Waals surface area contributed by atoms with Crippen LogP contribution in [0.25, 0.3) is 0 Å². The number of morpholine rings is 1. The van der Waals surface area contributed by atoms with Crippen molar-refractivity contribution < 1.29 is 13.2 Å². The first kappa shape index (κ1) is 11.9. The van der Waals surface area contributed by atoms with Crippen molar-refractivity contribution in [2.24, 2.45) is 0 Å². The predicted octanol–water partition coefficient (Wildman–Crippen LogP) is -0.0964. The average Bonchev–Trinajstić information content (AvgIpc) is 2.02. The summed E-state index contributed by atoms with van der Waals surface area (Å²) in [6.45, 7) is 5.09. The Labute approximate surface area is 85.8 Å². The van der Waals surface area contributed by atoms with E-state index < -0.39 is 10.2 Å². The smallest absolute Gasteiger partial charge is 0.281 e. The number of rotatable bonds is 2. The van der Waals surface area contributed by atoms with Crippen molar-refractivity contribution in [2.45, 2.75) is 19.4 Å². The van der Waals surface area contributed by atoms with Crippen LogP contribution in [0.5, 0.6) is 0 Å². The minimum absolute atomic E-state index is 0.388. The Balaban J connectivity index is 2.80. The molecule has 0 aliphatic carbocycles. The van der Waals surface area contributed by atoms with Crippen LogP contribution in [0, 0.1) is 0 Å². The van der Waals surface area contributed by atoms with E-state index in [-0.39, 0.29) is 5.60 Å². The summed E-state index contributed by atoms with van der Waals surface area (Å²) in [4.78, 5) is 0. The molecule has 0 aromatic rings. The third-order valence-corrected chi connectivity index (χ3v) is 4.07. The van der Waals surface area contributed by atoms with E-state index in [1.54, 1.807) is 0 Å². The second-order valence-corrected chi connectivity index (χ2v) is 6.37. The summed E-state index contributed by atoms with van der Waals surface area (Å²) in [5.74, 6) is 0. The molecule has 5 nitrogen and oxygen atoms in total. The van der Waals surface area contributed by atoms with Crippen LogP contribution in [0.15, 0.2) is 0 Å². The van der Waals surface area contributed by atoms with Crippen LogP contribution in [-0.2, 0) is 14.9 Å². The molecule has 14 heavy (non-hydrogen) atoms. The zero-order valence-electron chi connectivity index (χ0n) is 9.15. The zero-order chi connectivity index (χ0) is 11.0. The van der Waals surface area contributed by atoms with E-state index in [2.05, 4.69) is 0 Å². The molecule has 0 aromatic heterocycles. The highest BCUT2D eigenvalue weighted by molar-refractivity contribution is 7.86. The second-order valence-electron chi connectivity index (χ2n) is 4.23. The fraction of sp³-hybridized carbons (Fsp3) is 1.00. The molecule has 1 saturated heterocycles. The summed E-state index contributed by atoms with van der Waals surface area (Å²) in [5, 5.41) is 0. The van der Waals surface area contributed by atoms with Crippen molar-refractivity contribution in [1.29, 1.82) is 0 Å². The third-order valence-electron chi connectivity index (χ3n) is 2.18. The van der Waals surface area contributed by atoms with Gasteiger partial charge in [-0.05, 0) is 13.8 Å². The first-order valence-electron chi connectivity index (χ1n) is 4.57. The normalized spacial score (nSPS) is 24.1. The minimum Gasteiger partial charge on any atom is -0.373 e. The average molecular weight is 222 g/mol. The van der Waals surface area contributed by atoms with Gasteiger partial charge in [-0.3, -0.25) is 0 Å². The van der Waals surface area contributed by atoms with Gasteiger partial charge in [0.05, 0.1) is 12.2 Å². The third kappa shape index (κ3) is 2.44. The van der Waals surface area contributed by atoms with Crippen molar-refractivity contribution in [2.75, 3.05) is 33.8 Å². The Bertz CT molecular complexity index is 298. The summed E-state index contributed by atoms with van der Waals surface area (Å²) in [7, 11) is -0.205. The van der Waals surface area contributed by atoms with Crippen LogP contribution >= 0.6 is 0 Å². The molecule has 0 saturated carbocycles. The molecule has 1 aliphatic rings. The van der Waals surface area contributed by atoms with Crippen LogP contribution in [0.1, 0.15) is 13.8 Å². The highest BCUT2D eigenvalue weighted by Crippen LogP contribution is 2.19. The molecule has 1 heterocycles. The molecule has 0 aromatic carbocycles. The van der Waals surface area contributed by atoms with E-state index >= 15 is 0 Å². The SMILES string of the molecule is CN(C)S(=O)(=O)N1CCOC(C)(C)C1. The maximum absolute atomic E-state index is 11.8. The van der Waals surface area contributed by atoms with Crippen LogP contribution < -0.4 is 0 Å². The molecule has 0 bridgehead atoms. The number of hydrogen-bond acceptors (Lipinski definition) is 3. The Hall–Kier alpha value is -0.170. The molecule has 0 amide bonds. The fourth-order valence-corrected chi connectivity index (χ4v) is 2.64. The Morgan fingerprint density at radius 3 is 2.36 bits per heavy atom. The van der Waals surface area contributed by atoms with Gasteiger partial charge in [0.1, 0.15) is 0 Å². The molecule has 1 fully saturated rings. The summed E-state index contributed by atoms with van der Waals surface area (Å²) in [6.07, 6.45) is 0. The molecule has 0 unspecified atom stereocenters. The second kappa shape index (κ2) is 3.77. The van der Waals surface area contributed by atoms with Crippen molar-refractivity contribution in [1.82, 2.24) is 8.61 Å². The molecule has 84 valence electrons. The van der Waals surface area contributed by atoms with Gasteiger partial charge in [-0.25, -0.2) is 0 Å². The zero-order valence-corrected chi connectivity index (χ0v) is 9.97. The highest BCUT2D eigenvalue weighted by atomic mass is 32.2. The van der Waals surface area contributed by atoms with E-state index in [4.69, 9.17) is 4.74 Å². The quantitative estimate of drug-likeness (QED) is 0.656. The molecule has 0 radical (unpaired) electrons. The molecule has 0 atom stereocenters. The highest BCUT2D eigenvalue weighted by Gasteiger charge is 2.34. The van der Waals surface area contributed by atoms with E-state index in [1.165, 1.54) is 22.7 Å². The van der Waals surface area contributed by atoms with Gasteiger partial charge in [0.2, 0.25) is 0 Å². The lowest BCUT2D eigenvalue weighted by Gasteiger charge is -2.38. The maximum atomic E-state index is 11.8. The summed E-state index contributed by atoms with van der Waals surface area (Å²) in [6, 6.07) is 0. The fourth-order valence-electron chi connectivity index (χ4n) is 1.40. The van der Waals surface area contributed by atoms with Crippen molar-refractivity contribution in [3.63, 3.8) is 0 Å². The van der Waals surface area contributed by atoms with Crippen molar-refractivity contribution >= 4 is 10.2 Å². The Morgan fingerprint density at radius 2 is 1.93 bits per heavy atom. The molecule has 6 heteroatoms. The summed E-state index contributed by atoms with van der Waals surface area (Å²) < 4.78 is 31.7. The van der Waals surface area contributed by atoms with Gasteiger partial charge < -0.3 is 4.74 Å². The monoisotopic (exact) mass is 222 g/mol. The Morgan fingerprint density at radius 1 is 1.36 bits per heavy atom. The Kier molecular flexibility index (Phi) is 3.20. The van der Waals surface area contributed by atoms with Gasteiger partial charge in [-0.2, -0.15) is 17.0 Å². The maximum Gasteiger partial charge on any atom is 0.281 e. The number of ether oxygens (including phenoxy) is 1. The standard InChI is InChI=1S/C8H18N2O3S/c1-8(2)7-10(5-6-13-8)14(11,12)9(3)4/h5-7H2,1-4H3. The van der Waals surface area contributed by atoms with Gasteiger partial charge in [0, 0.05) is 27.2 Å². The lowest BCUT2D eigenvalue weighted by atomic mass is 10.1. The van der Waals surface area contributed by atoms with E-state index in [1.807, 2.05) is 13.8 Å². The first-order valence-corrected chi connectivity index (χ1v) is 5.97. The van der Waals surface area contributed by atoms with Crippen molar-refractivity contribution in [3.05, 3.63) is 0 Å². The van der Waals surface area contributed by atoms with E-state index in [0.29, 0.717) is 19.7 Å². The van der Waals surface area contributed by atoms with Gasteiger partial charge in [0.15, 0.2) is 0 Å². The van der Waals surface area contributed by atoms with E-state index in [9.17, 15) is 8.42 Å². The molecular weight excluding hydrogens is 204 g/mol. The van der Waals surface area contributed by atoms with Crippen LogP contribution in [0.4, 0.5) is 0 Å². The van der Waals surface area contributed by atoms with Crippen molar-refractivity contribution in [3.8, 4) is 0 Å². The molecule has 0 N–H and O–H groups in total. The first-order chi connectivity index (χ1) is 6.26. The van der Waals surface area contributed by atoms with Gasteiger partial charge >= 0.3 is 0 Å². The summed E-state index contributed by atoms with van der Waals surface area (Å²) >= 11 is 0. The van der Waals surface area contributed by atoms with Crippen LogP contribution in [-0.4, -0.2) is 56.4 Å². The lowest BCUT2D eigenvalue weighted by molar-refractivity contribution is -0.0649. The van der Waals surface area contributed by atoms with Crippen LogP contribution in [0.2, 0.25) is 0 Å². The van der Waals surface area contributed by atoms with Gasteiger partial charge in [0.25, 0.3) is 10.2 Å². The van der Waals surface area contributed by atoms with Gasteiger partial charge in [-0.1, -0.05) is 0 Å². The lowest BCUT2D eigenvalue weighted by Crippen LogP contribution is -2.53. The largest absolute Gasteiger partial charge is 0.373 e. The van der Waals surface area contributed by atoms with Crippen LogP contribution in [0.3, 0.4) is 0 Å². The molecular formula is C8H18N2O3S. The molecule has 1 aliphatic heterocycles. The number of hydrogen-bond donors (Lipinski definition) is 0. The minimum atomic E-state index is -3.28. The topological polar surface area (TPSA) is 49.9 Å². The van der Waals surface area contributed by atoms with Gasteiger partial charge in [-0.15, -0.1) is 0 Å². The molecule has 0 spiro atoms. The predicted molar refractivity (Wildman–Crippen MR) is 54.2 cm³/mol. The van der Waals surface area contributed by atoms with E-state index in [0.717, 1.165) is 0 Å². The number of nitrogens with zero attached hydrogens (tertiary/aromatic N) is 2. The molecule has 1 rings (SSSR count). The summed E-state index contributed by atoms with van der Waals surface area (Å²) in [5.41, 5.74) is -0.388.